The molecule has 1 aliphatic carbocycles. The molecule has 0 aliphatic heterocycles. The second-order valence-electron chi connectivity index (χ2n) is 7.11. The van der Waals surface area contributed by atoms with E-state index < -0.39 is 6.04 Å². The number of pyridine rings is 1. The molecule has 0 aromatic carbocycles. The molecule has 2 aromatic rings. The normalized spacial score (nSPS) is 20.1. The van der Waals surface area contributed by atoms with Gasteiger partial charge in [-0.3, -0.25) is 4.79 Å². The van der Waals surface area contributed by atoms with Crippen LogP contribution < -0.4 is 11.1 Å². The van der Waals surface area contributed by atoms with Crippen LogP contribution in [0.5, 0.6) is 0 Å². The number of anilines is 1. The van der Waals surface area contributed by atoms with Crippen LogP contribution in [0.15, 0.2) is 18.3 Å². The van der Waals surface area contributed by atoms with Gasteiger partial charge >= 0.3 is 0 Å². The third kappa shape index (κ3) is 5.40. The van der Waals surface area contributed by atoms with Crippen molar-refractivity contribution in [3.63, 3.8) is 0 Å². The van der Waals surface area contributed by atoms with Gasteiger partial charge in [-0.2, -0.15) is 0 Å². The Morgan fingerprint density at radius 3 is 2.44 bits per heavy atom. The van der Waals surface area contributed by atoms with Crippen molar-refractivity contribution in [2.75, 3.05) is 5.32 Å². The molecule has 1 aliphatic rings. The molecule has 7 nitrogen and oxygen atoms in total. The molecular formula is C18H28Cl2N6O. The fourth-order valence-corrected chi connectivity index (χ4v) is 3.53. The topological polar surface area (TPSA) is 98.7 Å². The monoisotopic (exact) mass is 414 g/mol. The first kappa shape index (κ1) is 23.3. The zero-order valence-electron chi connectivity index (χ0n) is 15.9. The van der Waals surface area contributed by atoms with Crippen LogP contribution in [-0.2, 0) is 11.8 Å². The number of amides is 1. The van der Waals surface area contributed by atoms with Crippen molar-refractivity contribution in [1.29, 1.82) is 0 Å². The Morgan fingerprint density at radius 1 is 1.26 bits per heavy atom. The van der Waals surface area contributed by atoms with Gasteiger partial charge in [-0.05, 0) is 43.7 Å². The number of aryl methyl sites for hydroxylation is 2. The molecule has 0 spiro atoms. The number of hydrogen-bond acceptors (Lipinski definition) is 5. The molecule has 3 rings (SSSR count). The molecular weight excluding hydrogens is 387 g/mol. The average molecular weight is 415 g/mol. The highest BCUT2D eigenvalue weighted by molar-refractivity contribution is 5.94. The van der Waals surface area contributed by atoms with E-state index in [9.17, 15) is 4.79 Å². The van der Waals surface area contributed by atoms with Crippen LogP contribution in [0, 0.1) is 18.8 Å². The van der Waals surface area contributed by atoms with Crippen molar-refractivity contribution in [3.05, 3.63) is 24.0 Å². The maximum atomic E-state index is 12.4. The van der Waals surface area contributed by atoms with Crippen molar-refractivity contribution in [2.45, 2.75) is 45.6 Å². The number of halogens is 2. The van der Waals surface area contributed by atoms with Gasteiger partial charge in [0.05, 0.1) is 17.4 Å². The van der Waals surface area contributed by atoms with E-state index in [1.54, 1.807) is 16.9 Å². The number of aromatic nitrogens is 4. The summed E-state index contributed by atoms with van der Waals surface area (Å²) >= 11 is 0. The van der Waals surface area contributed by atoms with E-state index in [2.05, 4.69) is 27.5 Å². The van der Waals surface area contributed by atoms with Gasteiger partial charge in [0.15, 0.2) is 0 Å². The SMILES string of the molecule is Cc1nnn(C)c1-c1ccc(NC(=O)[C@@H](N)C2CCC(C)CC2)nc1.Cl.Cl. The molecule has 0 radical (unpaired) electrons. The van der Waals surface area contributed by atoms with E-state index in [0.29, 0.717) is 5.82 Å². The Hall–Kier alpha value is -1.70. The quantitative estimate of drug-likeness (QED) is 0.800. The van der Waals surface area contributed by atoms with Crippen LogP contribution in [-0.4, -0.2) is 31.9 Å². The van der Waals surface area contributed by atoms with Gasteiger partial charge in [0.2, 0.25) is 5.91 Å². The van der Waals surface area contributed by atoms with E-state index in [-0.39, 0.29) is 36.6 Å². The molecule has 150 valence electrons. The lowest BCUT2D eigenvalue weighted by Crippen LogP contribution is -2.43. The van der Waals surface area contributed by atoms with Crippen molar-refractivity contribution < 1.29 is 4.79 Å². The highest BCUT2D eigenvalue weighted by Gasteiger charge is 2.28. The summed E-state index contributed by atoms with van der Waals surface area (Å²) in [6, 6.07) is 3.22. The fraction of sp³-hybridized carbons (Fsp3) is 0.556. The first-order valence-electron chi connectivity index (χ1n) is 8.85. The lowest BCUT2D eigenvalue weighted by Gasteiger charge is -2.29. The van der Waals surface area contributed by atoms with Crippen LogP contribution in [0.3, 0.4) is 0 Å². The highest BCUT2D eigenvalue weighted by Crippen LogP contribution is 2.30. The second-order valence-corrected chi connectivity index (χ2v) is 7.11. The molecule has 27 heavy (non-hydrogen) atoms. The first-order valence-corrected chi connectivity index (χ1v) is 8.85. The number of nitrogens with one attached hydrogen (secondary N) is 1. The number of nitrogens with zero attached hydrogens (tertiary/aromatic N) is 4. The number of nitrogens with two attached hydrogens (primary N) is 1. The van der Waals surface area contributed by atoms with E-state index in [1.807, 2.05) is 20.0 Å². The predicted molar refractivity (Wildman–Crippen MR) is 111 cm³/mol. The maximum absolute atomic E-state index is 12.4. The zero-order chi connectivity index (χ0) is 18.0. The standard InChI is InChI=1S/C18H26N6O.2ClH/c1-11-4-6-13(7-5-11)16(19)18(25)21-15-9-8-14(10-20-15)17-12(2)22-23-24(17)3;;/h8-11,13,16H,4-7,19H2,1-3H3,(H,20,21,25);2*1H/t11?,13?,16-;;/m0../s1. The second kappa shape index (κ2) is 10.0. The molecule has 9 heteroatoms. The van der Waals surface area contributed by atoms with Gasteiger partial charge in [-0.15, -0.1) is 29.9 Å². The molecule has 1 saturated carbocycles. The first-order chi connectivity index (χ1) is 12.0. The minimum absolute atomic E-state index is 0. The third-order valence-corrected chi connectivity index (χ3v) is 5.15. The van der Waals surface area contributed by atoms with Crippen molar-refractivity contribution in [2.24, 2.45) is 24.6 Å². The Balaban J connectivity index is 0.00000182. The van der Waals surface area contributed by atoms with E-state index in [1.165, 1.54) is 0 Å². The van der Waals surface area contributed by atoms with Gasteiger partial charge in [0.1, 0.15) is 5.82 Å². The highest BCUT2D eigenvalue weighted by atomic mass is 35.5. The van der Waals surface area contributed by atoms with Gasteiger partial charge in [-0.1, -0.05) is 25.0 Å². The largest absolute Gasteiger partial charge is 0.320 e. The van der Waals surface area contributed by atoms with Crippen LogP contribution in [0.25, 0.3) is 11.3 Å². The summed E-state index contributed by atoms with van der Waals surface area (Å²) in [6.45, 7) is 4.16. The summed E-state index contributed by atoms with van der Waals surface area (Å²) in [4.78, 5) is 16.8. The number of hydrogen-bond donors (Lipinski definition) is 2. The van der Waals surface area contributed by atoms with Crippen molar-refractivity contribution in [1.82, 2.24) is 20.0 Å². The lowest BCUT2D eigenvalue weighted by molar-refractivity contribution is -0.118. The van der Waals surface area contributed by atoms with Crippen molar-refractivity contribution in [3.8, 4) is 11.3 Å². The number of carbonyl (C=O) groups excluding carboxylic acids is 1. The number of carbonyl (C=O) groups is 1. The minimum Gasteiger partial charge on any atom is -0.320 e. The number of rotatable bonds is 4. The van der Waals surface area contributed by atoms with Gasteiger partial charge in [0, 0.05) is 18.8 Å². The lowest BCUT2D eigenvalue weighted by atomic mass is 9.79. The summed E-state index contributed by atoms with van der Waals surface area (Å²) in [7, 11) is 1.84. The Kier molecular flexibility index (Phi) is 8.65. The zero-order valence-corrected chi connectivity index (χ0v) is 17.5. The predicted octanol–water partition coefficient (Wildman–Crippen LogP) is 3.12. The molecule has 1 amide bonds. The van der Waals surface area contributed by atoms with Crippen LogP contribution >= 0.6 is 24.8 Å². The molecule has 0 unspecified atom stereocenters. The van der Waals surface area contributed by atoms with E-state index in [4.69, 9.17) is 5.73 Å². The third-order valence-electron chi connectivity index (χ3n) is 5.15. The Bertz CT molecular complexity index is 721. The summed E-state index contributed by atoms with van der Waals surface area (Å²) in [5.74, 6) is 1.36. The maximum Gasteiger partial charge on any atom is 0.242 e. The fourth-order valence-electron chi connectivity index (χ4n) is 3.53. The smallest absolute Gasteiger partial charge is 0.242 e. The van der Waals surface area contributed by atoms with E-state index >= 15 is 0 Å². The molecule has 0 saturated heterocycles. The summed E-state index contributed by atoms with van der Waals surface area (Å²) in [6.07, 6.45) is 6.06. The van der Waals surface area contributed by atoms with Gasteiger partial charge in [-0.25, -0.2) is 9.67 Å². The van der Waals surface area contributed by atoms with Gasteiger partial charge in [0.25, 0.3) is 0 Å². The van der Waals surface area contributed by atoms with Crippen molar-refractivity contribution >= 4 is 36.5 Å². The summed E-state index contributed by atoms with van der Waals surface area (Å²) < 4.78 is 1.71. The average Bonchev–Trinajstić information content (AvgIpc) is 2.94. The Morgan fingerprint density at radius 2 is 1.93 bits per heavy atom. The molecule has 2 aromatic heterocycles. The Labute approximate surface area is 172 Å². The van der Waals surface area contributed by atoms with Gasteiger partial charge < -0.3 is 11.1 Å². The van der Waals surface area contributed by atoms with E-state index in [0.717, 1.165) is 48.6 Å². The minimum atomic E-state index is -0.475. The van der Waals surface area contributed by atoms with Crippen LogP contribution in [0.2, 0.25) is 0 Å². The van der Waals surface area contributed by atoms with Crippen LogP contribution in [0.4, 0.5) is 5.82 Å². The summed E-state index contributed by atoms with van der Waals surface area (Å²) in [5.41, 5.74) is 8.84. The molecule has 3 N–H and O–H groups in total. The molecule has 2 heterocycles. The molecule has 1 atom stereocenters. The molecule has 0 bridgehead atoms. The molecule has 1 fully saturated rings. The summed E-state index contributed by atoms with van der Waals surface area (Å²) in [5, 5.41) is 10.9. The van der Waals surface area contributed by atoms with Crippen LogP contribution in [0.1, 0.15) is 38.3 Å².